The second-order valence-corrected chi connectivity index (χ2v) is 4.73. The van der Waals surface area contributed by atoms with E-state index in [1.54, 1.807) is 18.5 Å². The van der Waals surface area contributed by atoms with Gasteiger partial charge in [-0.15, -0.1) is 0 Å². The first-order chi connectivity index (χ1) is 8.75. The molecule has 3 nitrogen and oxygen atoms in total. The third kappa shape index (κ3) is 5.30. The van der Waals surface area contributed by atoms with Crippen molar-refractivity contribution in [3.8, 4) is 0 Å². The molecule has 0 aliphatic rings. The van der Waals surface area contributed by atoms with E-state index >= 15 is 0 Å². The summed E-state index contributed by atoms with van der Waals surface area (Å²) in [5, 5.41) is 9.24. The van der Waals surface area contributed by atoms with Crippen LogP contribution in [0.5, 0.6) is 0 Å². The van der Waals surface area contributed by atoms with Gasteiger partial charge in [-0.1, -0.05) is 51.5 Å². The smallest absolute Gasteiger partial charge is 0.311 e. The van der Waals surface area contributed by atoms with Gasteiger partial charge in [-0.2, -0.15) is 0 Å². The van der Waals surface area contributed by atoms with Crippen molar-refractivity contribution in [1.82, 2.24) is 4.98 Å². The van der Waals surface area contributed by atoms with Crippen LogP contribution < -0.4 is 0 Å². The molecule has 0 bridgehead atoms. The van der Waals surface area contributed by atoms with E-state index in [4.69, 9.17) is 0 Å². The Morgan fingerprint density at radius 1 is 1.28 bits per heavy atom. The first-order valence-corrected chi connectivity index (χ1v) is 6.88. The Kier molecular flexibility index (Phi) is 7.07. The summed E-state index contributed by atoms with van der Waals surface area (Å²) >= 11 is 0. The zero-order valence-corrected chi connectivity index (χ0v) is 11.1. The summed E-state index contributed by atoms with van der Waals surface area (Å²) in [5.41, 5.74) is 0.818. The van der Waals surface area contributed by atoms with Gasteiger partial charge in [0, 0.05) is 12.4 Å². The van der Waals surface area contributed by atoms with Gasteiger partial charge in [0.2, 0.25) is 0 Å². The Morgan fingerprint density at radius 2 is 2.00 bits per heavy atom. The highest BCUT2D eigenvalue weighted by Gasteiger charge is 2.18. The van der Waals surface area contributed by atoms with Gasteiger partial charge in [0.1, 0.15) is 0 Å². The zero-order chi connectivity index (χ0) is 13.2. The lowest BCUT2D eigenvalue weighted by atomic mass is 9.94. The Bertz CT molecular complexity index is 338. The van der Waals surface area contributed by atoms with Gasteiger partial charge in [0.25, 0.3) is 0 Å². The summed E-state index contributed by atoms with van der Waals surface area (Å²) in [6.07, 6.45) is 11.2. The van der Waals surface area contributed by atoms with Crippen LogP contribution in [0.1, 0.15) is 63.4 Å². The van der Waals surface area contributed by atoms with Gasteiger partial charge in [-0.3, -0.25) is 9.78 Å². The molecule has 1 aromatic heterocycles. The van der Waals surface area contributed by atoms with Gasteiger partial charge in [-0.25, -0.2) is 0 Å². The maximum absolute atomic E-state index is 11.2. The predicted molar refractivity (Wildman–Crippen MR) is 72.6 cm³/mol. The molecule has 0 saturated carbocycles. The Labute approximate surface area is 109 Å². The van der Waals surface area contributed by atoms with Gasteiger partial charge in [0.05, 0.1) is 5.92 Å². The minimum atomic E-state index is -0.739. The normalized spacial score (nSPS) is 12.3. The highest BCUT2D eigenvalue weighted by Crippen LogP contribution is 2.22. The highest BCUT2D eigenvalue weighted by molar-refractivity contribution is 5.75. The molecule has 1 atom stereocenters. The van der Waals surface area contributed by atoms with Crippen molar-refractivity contribution in [1.29, 1.82) is 0 Å². The molecular weight excluding hydrogens is 226 g/mol. The van der Waals surface area contributed by atoms with Crippen molar-refractivity contribution < 1.29 is 9.90 Å². The molecule has 0 aliphatic heterocycles. The SMILES string of the molecule is CCCCCCCCC(C(=O)O)c1cccnc1. The van der Waals surface area contributed by atoms with Crippen LogP contribution >= 0.6 is 0 Å². The third-order valence-electron chi connectivity index (χ3n) is 3.23. The molecule has 0 aliphatic carbocycles. The van der Waals surface area contributed by atoms with E-state index in [2.05, 4.69) is 11.9 Å². The van der Waals surface area contributed by atoms with Crippen molar-refractivity contribution in [2.24, 2.45) is 0 Å². The summed E-state index contributed by atoms with van der Waals surface area (Å²) in [6.45, 7) is 2.20. The predicted octanol–water partition coefficient (Wildman–Crippen LogP) is 4.00. The molecule has 0 radical (unpaired) electrons. The average Bonchev–Trinajstić information content (AvgIpc) is 2.38. The molecule has 1 heterocycles. The molecule has 1 unspecified atom stereocenters. The summed E-state index contributed by atoms with van der Waals surface area (Å²) in [5.74, 6) is -1.14. The number of carboxylic acid groups (broad SMARTS) is 1. The fourth-order valence-electron chi connectivity index (χ4n) is 2.14. The topological polar surface area (TPSA) is 50.2 Å². The quantitative estimate of drug-likeness (QED) is 0.673. The van der Waals surface area contributed by atoms with Gasteiger partial charge < -0.3 is 5.11 Å². The van der Waals surface area contributed by atoms with E-state index in [9.17, 15) is 9.90 Å². The summed E-state index contributed by atoms with van der Waals surface area (Å²) in [4.78, 5) is 15.2. The molecular formula is C15H23NO2. The molecule has 0 aromatic carbocycles. The number of rotatable bonds is 9. The molecule has 0 amide bonds. The van der Waals surface area contributed by atoms with E-state index in [0.29, 0.717) is 6.42 Å². The molecule has 18 heavy (non-hydrogen) atoms. The molecule has 0 saturated heterocycles. The highest BCUT2D eigenvalue weighted by atomic mass is 16.4. The van der Waals surface area contributed by atoms with Crippen LogP contribution in [0.3, 0.4) is 0 Å². The number of pyridine rings is 1. The van der Waals surface area contributed by atoms with E-state index in [0.717, 1.165) is 18.4 Å². The maximum Gasteiger partial charge on any atom is 0.311 e. The molecule has 0 spiro atoms. The van der Waals surface area contributed by atoms with Crippen LogP contribution in [-0.4, -0.2) is 16.1 Å². The zero-order valence-electron chi connectivity index (χ0n) is 11.1. The van der Waals surface area contributed by atoms with Crippen LogP contribution in [-0.2, 0) is 4.79 Å². The lowest BCUT2D eigenvalue weighted by Crippen LogP contribution is -2.11. The van der Waals surface area contributed by atoms with E-state index in [1.165, 1.54) is 25.7 Å². The summed E-state index contributed by atoms with van der Waals surface area (Å²) in [6, 6.07) is 3.65. The second kappa shape index (κ2) is 8.67. The first-order valence-electron chi connectivity index (χ1n) is 6.88. The number of nitrogens with zero attached hydrogens (tertiary/aromatic N) is 1. The molecule has 1 aromatic rings. The molecule has 0 fully saturated rings. The Hall–Kier alpha value is -1.38. The number of unbranched alkanes of at least 4 members (excludes halogenated alkanes) is 5. The summed E-state index contributed by atoms with van der Waals surface area (Å²) in [7, 11) is 0. The van der Waals surface area contributed by atoms with Crippen LogP contribution in [0.25, 0.3) is 0 Å². The van der Waals surface area contributed by atoms with Gasteiger partial charge >= 0.3 is 5.97 Å². The van der Waals surface area contributed by atoms with E-state index in [-0.39, 0.29) is 0 Å². The lowest BCUT2D eigenvalue weighted by molar-refractivity contribution is -0.139. The summed E-state index contributed by atoms with van der Waals surface area (Å²) < 4.78 is 0. The number of aromatic nitrogens is 1. The number of carboxylic acids is 1. The molecule has 1 N–H and O–H groups in total. The van der Waals surface area contributed by atoms with E-state index < -0.39 is 11.9 Å². The lowest BCUT2D eigenvalue weighted by Gasteiger charge is -2.11. The van der Waals surface area contributed by atoms with Crippen molar-refractivity contribution >= 4 is 5.97 Å². The Balaban J connectivity index is 2.34. The van der Waals surface area contributed by atoms with Crippen LogP contribution in [0.2, 0.25) is 0 Å². The van der Waals surface area contributed by atoms with Crippen molar-refractivity contribution in [3.05, 3.63) is 30.1 Å². The number of aliphatic carboxylic acids is 1. The monoisotopic (exact) mass is 249 g/mol. The van der Waals surface area contributed by atoms with Gasteiger partial charge in [-0.05, 0) is 18.1 Å². The average molecular weight is 249 g/mol. The Morgan fingerprint density at radius 3 is 2.61 bits per heavy atom. The van der Waals surface area contributed by atoms with Crippen molar-refractivity contribution in [2.75, 3.05) is 0 Å². The standard InChI is InChI=1S/C15H23NO2/c1-2-3-4-5-6-7-10-14(15(17)18)13-9-8-11-16-12-13/h8-9,11-12,14H,2-7,10H2,1H3,(H,17,18). The largest absolute Gasteiger partial charge is 0.481 e. The minimum absolute atomic E-state index is 0.398. The fourth-order valence-corrected chi connectivity index (χ4v) is 2.14. The molecule has 100 valence electrons. The van der Waals surface area contributed by atoms with Crippen molar-refractivity contribution in [2.45, 2.75) is 57.8 Å². The molecule has 1 rings (SSSR count). The van der Waals surface area contributed by atoms with Crippen LogP contribution in [0.4, 0.5) is 0 Å². The molecule has 3 heteroatoms. The van der Waals surface area contributed by atoms with E-state index in [1.807, 2.05) is 6.07 Å². The number of hydrogen-bond donors (Lipinski definition) is 1. The maximum atomic E-state index is 11.2. The first kappa shape index (κ1) is 14.7. The minimum Gasteiger partial charge on any atom is -0.481 e. The second-order valence-electron chi connectivity index (χ2n) is 4.73. The fraction of sp³-hybridized carbons (Fsp3) is 0.600. The van der Waals surface area contributed by atoms with Gasteiger partial charge in [0.15, 0.2) is 0 Å². The number of hydrogen-bond acceptors (Lipinski definition) is 2. The van der Waals surface area contributed by atoms with Crippen LogP contribution in [0.15, 0.2) is 24.5 Å². The number of carbonyl (C=O) groups is 1. The third-order valence-corrected chi connectivity index (χ3v) is 3.23. The van der Waals surface area contributed by atoms with Crippen LogP contribution in [0, 0.1) is 0 Å². The van der Waals surface area contributed by atoms with Crippen molar-refractivity contribution in [3.63, 3.8) is 0 Å².